The molecule has 1 aliphatic carbocycles. The van der Waals surface area contributed by atoms with E-state index in [9.17, 15) is 5.11 Å². The Hall–Kier alpha value is -1.12. The predicted octanol–water partition coefficient (Wildman–Crippen LogP) is 3.56. The third kappa shape index (κ3) is 3.07. The SMILES string of the molecule is C/C(CO)=C1/CC(COCc2ccccc2)C1(C)C. The van der Waals surface area contributed by atoms with E-state index in [0.29, 0.717) is 12.5 Å². The first kappa shape index (κ1) is 14.3. The maximum Gasteiger partial charge on any atom is 0.0717 e. The van der Waals surface area contributed by atoms with Gasteiger partial charge in [0.2, 0.25) is 0 Å². The normalized spacial score (nSPS) is 23.9. The molecule has 2 heteroatoms. The standard InChI is InChI=1S/C17H24O2/c1-13(10-18)16-9-15(17(16,2)3)12-19-11-14-7-5-4-6-8-14/h4-8,15,18H,9-12H2,1-3H3/b16-13+. The average Bonchev–Trinajstić information content (AvgIpc) is 2.42. The van der Waals surface area contributed by atoms with Crippen LogP contribution < -0.4 is 0 Å². The van der Waals surface area contributed by atoms with Crippen molar-refractivity contribution in [2.75, 3.05) is 13.2 Å². The van der Waals surface area contributed by atoms with Crippen molar-refractivity contribution in [1.29, 1.82) is 0 Å². The van der Waals surface area contributed by atoms with Gasteiger partial charge >= 0.3 is 0 Å². The van der Waals surface area contributed by atoms with Crippen molar-refractivity contribution in [2.24, 2.45) is 11.3 Å². The number of ether oxygens (including phenoxy) is 1. The second-order valence-corrected chi connectivity index (χ2v) is 6.04. The second kappa shape index (κ2) is 5.89. The Morgan fingerprint density at radius 1 is 1.32 bits per heavy atom. The first-order valence-corrected chi connectivity index (χ1v) is 6.97. The summed E-state index contributed by atoms with van der Waals surface area (Å²) in [5, 5.41) is 9.22. The summed E-state index contributed by atoms with van der Waals surface area (Å²) in [6.07, 6.45) is 1.06. The fraction of sp³-hybridized carbons (Fsp3) is 0.529. The van der Waals surface area contributed by atoms with Crippen molar-refractivity contribution in [3.8, 4) is 0 Å². The summed E-state index contributed by atoms with van der Waals surface area (Å²) in [4.78, 5) is 0. The smallest absolute Gasteiger partial charge is 0.0717 e. The highest BCUT2D eigenvalue weighted by atomic mass is 16.5. The lowest BCUT2D eigenvalue weighted by atomic mass is 9.58. The van der Waals surface area contributed by atoms with Crippen molar-refractivity contribution in [3.63, 3.8) is 0 Å². The quantitative estimate of drug-likeness (QED) is 0.820. The monoisotopic (exact) mass is 260 g/mol. The van der Waals surface area contributed by atoms with E-state index in [-0.39, 0.29) is 12.0 Å². The third-order valence-electron chi connectivity index (χ3n) is 4.43. The van der Waals surface area contributed by atoms with Gasteiger partial charge in [0.05, 0.1) is 19.8 Å². The molecule has 1 unspecified atom stereocenters. The summed E-state index contributed by atoms with van der Waals surface area (Å²) in [5.41, 5.74) is 3.93. The predicted molar refractivity (Wildman–Crippen MR) is 77.8 cm³/mol. The molecule has 19 heavy (non-hydrogen) atoms. The van der Waals surface area contributed by atoms with E-state index in [1.807, 2.05) is 25.1 Å². The molecule has 1 aromatic carbocycles. The average molecular weight is 260 g/mol. The lowest BCUT2D eigenvalue weighted by Gasteiger charge is -2.48. The van der Waals surface area contributed by atoms with Gasteiger partial charge < -0.3 is 9.84 Å². The Kier molecular flexibility index (Phi) is 4.43. The van der Waals surface area contributed by atoms with Crippen LogP contribution >= 0.6 is 0 Å². The number of rotatable bonds is 5. The van der Waals surface area contributed by atoms with E-state index < -0.39 is 0 Å². The summed E-state index contributed by atoms with van der Waals surface area (Å²) < 4.78 is 5.84. The molecular formula is C17H24O2. The lowest BCUT2D eigenvalue weighted by molar-refractivity contribution is 0.0182. The van der Waals surface area contributed by atoms with E-state index in [0.717, 1.165) is 18.6 Å². The molecule has 0 aromatic heterocycles. The van der Waals surface area contributed by atoms with Gasteiger partial charge in [-0.1, -0.05) is 49.8 Å². The van der Waals surface area contributed by atoms with Crippen molar-refractivity contribution in [1.82, 2.24) is 0 Å². The molecule has 1 saturated carbocycles. The molecule has 2 rings (SSSR count). The summed E-state index contributed by atoms with van der Waals surface area (Å²) in [6.45, 7) is 8.19. The molecule has 1 fully saturated rings. The van der Waals surface area contributed by atoms with Crippen LogP contribution in [-0.4, -0.2) is 18.3 Å². The highest BCUT2D eigenvalue weighted by molar-refractivity contribution is 5.29. The van der Waals surface area contributed by atoms with E-state index in [1.165, 1.54) is 11.1 Å². The zero-order chi connectivity index (χ0) is 13.9. The van der Waals surface area contributed by atoms with Gasteiger partial charge in [-0.05, 0) is 35.8 Å². The Bertz CT molecular complexity index is 446. The highest BCUT2D eigenvalue weighted by Crippen LogP contribution is 2.52. The molecule has 1 atom stereocenters. The van der Waals surface area contributed by atoms with E-state index in [4.69, 9.17) is 4.74 Å². The molecule has 0 radical (unpaired) electrons. The highest BCUT2D eigenvalue weighted by Gasteiger charge is 2.44. The molecule has 1 N–H and O–H groups in total. The van der Waals surface area contributed by atoms with Crippen LogP contribution in [0.3, 0.4) is 0 Å². The molecule has 0 bridgehead atoms. The molecule has 0 saturated heterocycles. The van der Waals surface area contributed by atoms with Crippen molar-refractivity contribution in [2.45, 2.75) is 33.8 Å². The molecule has 1 aromatic rings. The number of hydrogen-bond acceptors (Lipinski definition) is 2. The van der Waals surface area contributed by atoms with Crippen molar-refractivity contribution < 1.29 is 9.84 Å². The molecule has 104 valence electrons. The Balaban J connectivity index is 1.83. The number of aliphatic hydroxyl groups is 1. The van der Waals surface area contributed by atoms with E-state index in [2.05, 4.69) is 26.0 Å². The van der Waals surface area contributed by atoms with Crippen LogP contribution in [0.2, 0.25) is 0 Å². The molecule has 0 aliphatic heterocycles. The number of allylic oxidation sites excluding steroid dienone is 1. The van der Waals surface area contributed by atoms with Gasteiger partial charge in [0.25, 0.3) is 0 Å². The fourth-order valence-corrected chi connectivity index (χ4v) is 2.86. The first-order valence-electron chi connectivity index (χ1n) is 6.97. The van der Waals surface area contributed by atoms with Crippen LogP contribution in [0.1, 0.15) is 32.8 Å². The van der Waals surface area contributed by atoms with Gasteiger partial charge in [-0.3, -0.25) is 0 Å². The van der Waals surface area contributed by atoms with Gasteiger partial charge in [0.15, 0.2) is 0 Å². The Morgan fingerprint density at radius 2 is 2.00 bits per heavy atom. The zero-order valence-corrected chi connectivity index (χ0v) is 12.1. The largest absolute Gasteiger partial charge is 0.392 e. The third-order valence-corrected chi connectivity index (χ3v) is 4.43. The minimum Gasteiger partial charge on any atom is -0.392 e. The van der Waals surface area contributed by atoms with Gasteiger partial charge in [0.1, 0.15) is 0 Å². The van der Waals surface area contributed by atoms with Crippen LogP contribution in [0.15, 0.2) is 41.5 Å². The van der Waals surface area contributed by atoms with Crippen LogP contribution in [-0.2, 0) is 11.3 Å². The summed E-state index contributed by atoms with van der Waals surface area (Å²) in [6, 6.07) is 10.3. The fourth-order valence-electron chi connectivity index (χ4n) is 2.86. The van der Waals surface area contributed by atoms with Gasteiger partial charge in [0, 0.05) is 0 Å². The van der Waals surface area contributed by atoms with Gasteiger partial charge in [-0.15, -0.1) is 0 Å². The topological polar surface area (TPSA) is 29.5 Å². The van der Waals surface area contributed by atoms with E-state index in [1.54, 1.807) is 0 Å². The number of aliphatic hydroxyl groups excluding tert-OH is 1. The Morgan fingerprint density at radius 3 is 2.58 bits per heavy atom. The molecule has 1 aliphatic rings. The van der Waals surface area contributed by atoms with Gasteiger partial charge in [-0.2, -0.15) is 0 Å². The molecular weight excluding hydrogens is 236 g/mol. The molecule has 0 heterocycles. The summed E-state index contributed by atoms with van der Waals surface area (Å²) >= 11 is 0. The molecule has 2 nitrogen and oxygen atoms in total. The zero-order valence-electron chi connectivity index (χ0n) is 12.1. The van der Waals surface area contributed by atoms with Crippen LogP contribution in [0.5, 0.6) is 0 Å². The van der Waals surface area contributed by atoms with Crippen LogP contribution in [0.25, 0.3) is 0 Å². The molecule has 0 amide bonds. The molecule has 0 spiro atoms. The van der Waals surface area contributed by atoms with Crippen molar-refractivity contribution in [3.05, 3.63) is 47.0 Å². The number of benzene rings is 1. The lowest BCUT2D eigenvalue weighted by Crippen LogP contribution is -2.41. The summed E-state index contributed by atoms with van der Waals surface area (Å²) in [5.74, 6) is 0.563. The maximum atomic E-state index is 9.22. The Labute approximate surface area is 116 Å². The first-order chi connectivity index (χ1) is 9.05. The minimum absolute atomic E-state index is 0.170. The van der Waals surface area contributed by atoms with Crippen molar-refractivity contribution >= 4 is 0 Å². The second-order valence-electron chi connectivity index (χ2n) is 6.04. The maximum absolute atomic E-state index is 9.22. The van der Waals surface area contributed by atoms with Crippen LogP contribution in [0, 0.1) is 11.3 Å². The van der Waals surface area contributed by atoms with Crippen LogP contribution in [0.4, 0.5) is 0 Å². The van der Waals surface area contributed by atoms with E-state index >= 15 is 0 Å². The van der Waals surface area contributed by atoms with Gasteiger partial charge in [-0.25, -0.2) is 0 Å². The summed E-state index contributed by atoms with van der Waals surface area (Å²) in [7, 11) is 0. The minimum atomic E-state index is 0.170. The number of hydrogen-bond donors (Lipinski definition) is 1.